The van der Waals surface area contributed by atoms with E-state index in [1.54, 1.807) is 18.1 Å². The number of carbonyl (C=O) groups excluding carboxylic acids is 1. The molecule has 18 heavy (non-hydrogen) atoms. The highest BCUT2D eigenvalue weighted by molar-refractivity contribution is 5.81. The van der Waals surface area contributed by atoms with E-state index in [2.05, 4.69) is 6.58 Å². The Kier molecular flexibility index (Phi) is 5.85. The van der Waals surface area contributed by atoms with Gasteiger partial charge in [0.2, 0.25) is 5.91 Å². The van der Waals surface area contributed by atoms with Crippen molar-refractivity contribution in [2.75, 3.05) is 26.8 Å². The molecule has 0 aliphatic heterocycles. The molecule has 5 heteroatoms. The van der Waals surface area contributed by atoms with Crippen LogP contribution in [0.15, 0.2) is 12.7 Å². The molecule has 1 rings (SSSR count). The summed E-state index contributed by atoms with van der Waals surface area (Å²) < 4.78 is 4.97. The Morgan fingerprint density at radius 2 is 2.11 bits per heavy atom. The summed E-state index contributed by atoms with van der Waals surface area (Å²) in [7, 11) is 1.59. The van der Waals surface area contributed by atoms with Gasteiger partial charge in [-0.1, -0.05) is 6.08 Å². The number of hydrogen-bond acceptors (Lipinski definition) is 3. The van der Waals surface area contributed by atoms with Crippen LogP contribution in [0.1, 0.15) is 19.3 Å². The summed E-state index contributed by atoms with van der Waals surface area (Å²) >= 11 is 0. The van der Waals surface area contributed by atoms with Crippen molar-refractivity contribution in [3.63, 3.8) is 0 Å². The second-order valence-corrected chi connectivity index (χ2v) is 4.61. The van der Waals surface area contributed by atoms with Crippen molar-refractivity contribution in [1.29, 1.82) is 0 Å². The summed E-state index contributed by atoms with van der Waals surface area (Å²) in [5, 5.41) is 8.94. The van der Waals surface area contributed by atoms with E-state index in [4.69, 9.17) is 9.84 Å². The fraction of sp³-hybridized carbons (Fsp3) is 0.692. The number of nitrogens with zero attached hydrogens (tertiary/aromatic N) is 1. The minimum absolute atomic E-state index is 0.0238. The third-order valence-electron chi connectivity index (χ3n) is 3.36. The number of carboxylic acids is 1. The summed E-state index contributed by atoms with van der Waals surface area (Å²) in [6, 6.07) is 0. The van der Waals surface area contributed by atoms with Crippen LogP contribution in [-0.2, 0) is 14.3 Å². The molecule has 0 saturated heterocycles. The molecule has 1 amide bonds. The Morgan fingerprint density at radius 3 is 2.61 bits per heavy atom. The number of carboxylic acid groups (broad SMARTS) is 1. The van der Waals surface area contributed by atoms with Crippen LogP contribution >= 0.6 is 0 Å². The highest BCUT2D eigenvalue weighted by atomic mass is 16.5. The quantitative estimate of drug-likeness (QED) is 0.693. The van der Waals surface area contributed by atoms with Crippen LogP contribution in [0.25, 0.3) is 0 Å². The van der Waals surface area contributed by atoms with Crippen molar-refractivity contribution in [3.05, 3.63) is 12.7 Å². The van der Waals surface area contributed by atoms with Crippen LogP contribution in [0.4, 0.5) is 0 Å². The first-order valence-corrected chi connectivity index (χ1v) is 6.21. The van der Waals surface area contributed by atoms with Gasteiger partial charge >= 0.3 is 5.97 Å². The minimum Gasteiger partial charge on any atom is -0.481 e. The summed E-state index contributed by atoms with van der Waals surface area (Å²) in [6.45, 7) is 5.12. The topological polar surface area (TPSA) is 66.8 Å². The van der Waals surface area contributed by atoms with Crippen LogP contribution in [0.3, 0.4) is 0 Å². The normalized spacial score (nSPS) is 22.7. The Hall–Kier alpha value is -1.36. The maximum Gasteiger partial charge on any atom is 0.306 e. The van der Waals surface area contributed by atoms with Crippen LogP contribution < -0.4 is 0 Å². The average Bonchev–Trinajstić information content (AvgIpc) is 2.83. The maximum absolute atomic E-state index is 12.2. The van der Waals surface area contributed by atoms with Crippen molar-refractivity contribution in [2.24, 2.45) is 11.8 Å². The van der Waals surface area contributed by atoms with Crippen LogP contribution in [-0.4, -0.2) is 48.7 Å². The molecule has 1 fully saturated rings. The lowest BCUT2D eigenvalue weighted by Gasteiger charge is -2.24. The molecule has 2 unspecified atom stereocenters. The number of methoxy groups -OCH3 is 1. The Labute approximate surface area is 107 Å². The zero-order valence-electron chi connectivity index (χ0n) is 10.8. The van der Waals surface area contributed by atoms with E-state index in [1.165, 1.54) is 0 Å². The zero-order valence-corrected chi connectivity index (χ0v) is 10.8. The van der Waals surface area contributed by atoms with Gasteiger partial charge < -0.3 is 14.7 Å². The van der Waals surface area contributed by atoms with Crippen molar-refractivity contribution >= 4 is 11.9 Å². The lowest BCUT2D eigenvalue weighted by Crippen LogP contribution is -2.38. The average molecular weight is 255 g/mol. The summed E-state index contributed by atoms with van der Waals surface area (Å²) in [5.41, 5.74) is 0. The molecular weight excluding hydrogens is 234 g/mol. The molecule has 1 aliphatic carbocycles. The van der Waals surface area contributed by atoms with Gasteiger partial charge in [-0.25, -0.2) is 0 Å². The molecule has 0 spiro atoms. The van der Waals surface area contributed by atoms with Gasteiger partial charge in [0.25, 0.3) is 0 Å². The zero-order chi connectivity index (χ0) is 13.5. The van der Waals surface area contributed by atoms with E-state index in [0.717, 1.165) is 0 Å². The van der Waals surface area contributed by atoms with E-state index in [9.17, 15) is 9.59 Å². The summed E-state index contributed by atoms with van der Waals surface area (Å²) in [6.07, 6.45) is 3.39. The van der Waals surface area contributed by atoms with E-state index < -0.39 is 5.97 Å². The molecule has 1 saturated carbocycles. The van der Waals surface area contributed by atoms with Gasteiger partial charge in [0, 0.05) is 26.1 Å². The molecule has 0 aromatic carbocycles. The van der Waals surface area contributed by atoms with Gasteiger partial charge in [0.15, 0.2) is 0 Å². The highest BCUT2D eigenvalue weighted by Crippen LogP contribution is 2.32. The van der Waals surface area contributed by atoms with Gasteiger partial charge in [-0.2, -0.15) is 0 Å². The lowest BCUT2D eigenvalue weighted by atomic mass is 10.0. The first-order chi connectivity index (χ1) is 8.60. The molecule has 1 aliphatic rings. The fourth-order valence-corrected chi connectivity index (χ4v) is 2.34. The van der Waals surface area contributed by atoms with Gasteiger partial charge in [-0.15, -0.1) is 6.58 Å². The van der Waals surface area contributed by atoms with Crippen molar-refractivity contribution in [2.45, 2.75) is 19.3 Å². The first kappa shape index (κ1) is 14.7. The number of hydrogen-bond donors (Lipinski definition) is 1. The molecular formula is C13H21NO4. The highest BCUT2D eigenvalue weighted by Gasteiger charge is 2.35. The maximum atomic E-state index is 12.2. The second-order valence-electron chi connectivity index (χ2n) is 4.61. The molecule has 102 valence electrons. The molecule has 0 aromatic rings. The molecule has 0 radical (unpaired) electrons. The Balaban J connectivity index is 2.55. The SMILES string of the molecule is C=CCN(CCOC)C(=O)C1CCC(C(=O)O)C1. The third-order valence-corrected chi connectivity index (χ3v) is 3.36. The monoisotopic (exact) mass is 255 g/mol. The first-order valence-electron chi connectivity index (χ1n) is 6.21. The van der Waals surface area contributed by atoms with E-state index >= 15 is 0 Å². The molecule has 0 bridgehead atoms. The predicted molar refractivity (Wildman–Crippen MR) is 67.1 cm³/mol. The molecule has 2 atom stereocenters. The van der Waals surface area contributed by atoms with Crippen molar-refractivity contribution in [1.82, 2.24) is 4.90 Å². The van der Waals surface area contributed by atoms with E-state index in [-0.39, 0.29) is 17.7 Å². The van der Waals surface area contributed by atoms with Gasteiger partial charge in [-0.05, 0) is 19.3 Å². The smallest absolute Gasteiger partial charge is 0.306 e. The predicted octanol–water partition coefficient (Wildman–Crippen LogP) is 1.15. The van der Waals surface area contributed by atoms with E-state index in [1.807, 2.05) is 0 Å². The second kappa shape index (κ2) is 7.16. The number of carbonyl (C=O) groups is 2. The Bertz CT molecular complexity index is 316. The molecule has 0 aromatic heterocycles. The van der Waals surface area contributed by atoms with Gasteiger partial charge in [0.1, 0.15) is 0 Å². The minimum atomic E-state index is -0.794. The largest absolute Gasteiger partial charge is 0.481 e. The number of aliphatic carboxylic acids is 1. The number of amides is 1. The fourth-order valence-electron chi connectivity index (χ4n) is 2.34. The number of ether oxygens (including phenoxy) is 1. The number of rotatable bonds is 7. The lowest BCUT2D eigenvalue weighted by molar-refractivity contribution is -0.141. The van der Waals surface area contributed by atoms with E-state index in [0.29, 0.717) is 39.0 Å². The third kappa shape index (κ3) is 3.84. The standard InChI is InChI=1S/C13H21NO4/c1-3-6-14(7-8-18-2)12(15)10-4-5-11(9-10)13(16)17/h3,10-11H,1,4-9H2,2H3,(H,16,17). The van der Waals surface area contributed by atoms with Crippen LogP contribution in [0.2, 0.25) is 0 Å². The van der Waals surface area contributed by atoms with Gasteiger partial charge in [0.05, 0.1) is 12.5 Å². The Morgan fingerprint density at radius 1 is 1.44 bits per heavy atom. The molecule has 5 nitrogen and oxygen atoms in total. The van der Waals surface area contributed by atoms with Crippen LogP contribution in [0, 0.1) is 11.8 Å². The van der Waals surface area contributed by atoms with Crippen molar-refractivity contribution in [3.8, 4) is 0 Å². The molecule has 0 heterocycles. The molecule has 1 N–H and O–H groups in total. The van der Waals surface area contributed by atoms with Gasteiger partial charge in [-0.3, -0.25) is 9.59 Å². The van der Waals surface area contributed by atoms with Crippen molar-refractivity contribution < 1.29 is 19.4 Å². The van der Waals surface area contributed by atoms with Crippen LogP contribution in [0.5, 0.6) is 0 Å². The summed E-state index contributed by atoms with van der Waals surface area (Å²) in [4.78, 5) is 24.8. The summed E-state index contributed by atoms with van der Waals surface area (Å²) in [5.74, 6) is -1.30.